The van der Waals surface area contributed by atoms with Gasteiger partial charge >= 0.3 is 6.18 Å². The Labute approximate surface area is 856 Å². The van der Waals surface area contributed by atoms with Crippen LogP contribution in [-0.4, -0.2) is 168 Å². The van der Waals surface area contributed by atoms with Crippen molar-refractivity contribution in [1.29, 1.82) is 0 Å². The Kier molecular flexibility index (Phi) is 33.5. The lowest BCUT2D eigenvalue weighted by Crippen LogP contribution is -2.21. The highest BCUT2D eigenvalue weighted by molar-refractivity contribution is 7.90. The van der Waals surface area contributed by atoms with Gasteiger partial charge in [0, 0.05) is 158 Å². The van der Waals surface area contributed by atoms with E-state index >= 15 is 0 Å². The van der Waals surface area contributed by atoms with Gasteiger partial charge in [-0.1, -0.05) is 84.4 Å². The second kappa shape index (κ2) is 47.6. The van der Waals surface area contributed by atoms with E-state index in [-0.39, 0.29) is 63.3 Å². The number of sulfone groups is 1. The molecule has 0 spiro atoms. The topological polar surface area (TPSA) is 310 Å². The van der Waals surface area contributed by atoms with Crippen molar-refractivity contribution < 1.29 is 77.1 Å². The lowest BCUT2D eigenvalue weighted by Gasteiger charge is -2.14. The fraction of sp³-hybridized carbons (Fsp3) is 0.207. The predicted octanol–water partition coefficient (Wildman–Crippen LogP) is 20.7. The van der Waals surface area contributed by atoms with E-state index < -0.39 is 21.7 Å². The lowest BCUT2D eigenvalue weighted by atomic mass is 9.99. The quantitative estimate of drug-likeness (QED) is 0.0409. The molecule has 0 saturated carbocycles. The largest absolute Gasteiger partial charge is 0.496 e. The predicted molar refractivity (Wildman–Crippen MR) is 548 cm³/mol. The molecule has 0 fully saturated rings. The number of aromatic nitrogens is 18. The third-order valence-electron chi connectivity index (χ3n) is 25.3. The monoisotopic (exact) mass is 2060 g/mol. The van der Waals surface area contributed by atoms with Crippen molar-refractivity contribution in [1.82, 2.24) is 92.8 Å². The highest BCUT2D eigenvalue weighted by Gasteiger charge is 2.36. The fourth-order valence-electron chi connectivity index (χ4n) is 17.7. The zero-order chi connectivity index (χ0) is 105. The molecule has 38 heteroatoms. The molecule has 28 nitrogen and oxygen atoms in total. The van der Waals surface area contributed by atoms with Crippen molar-refractivity contribution in [2.75, 3.05) is 55.9 Å². The van der Waals surface area contributed by atoms with E-state index in [2.05, 4.69) is 65.9 Å². The number of pyridine rings is 8. The maximum Gasteiger partial charge on any atom is 0.433 e. The molecular formula is C111H100ClF8N19O9S. The van der Waals surface area contributed by atoms with Crippen molar-refractivity contribution in [2.24, 2.45) is 0 Å². The molecule has 13 heterocycles. The highest BCUT2D eigenvalue weighted by Crippen LogP contribution is 2.40. The Hall–Kier alpha value is -16.8. The number of aliphatic hydroxyl groups excluding tert-OH is 1. The average Bonchev–Trinajstić information content (AvgIpc) is 1.67. The van der Waals surface area contributed by atoms with Crippen LogP contribution in [0.2, 0.25) is 5.02 Å². The second-order valence-corrected chi connectivity index (χ2v) is 37.0. The van der Waals surface area contributed by atoms with Crippen molar-refractivity contribution in [3.8, 4) is 84.4 Å². The molecule has 0 unspecified atom stereocenters. The van der Waals surface area contributed by atoms with Crippen LogP contribution < -0.4 is 23.7 Å². The molecule has 0 bridgehead atoms. The van der Waals surface area contributed by atoms with Gasteiger partial charge in [-0.3, -0.25) is 41.7 Å². The van der Waals surface area contributed by atoms with E-state index in [0.29, 0.717) is 161 Å². The van der Waals surface area contributed by atoms with Crippen LogP contribution in [0.4, 0.5) is 35.1 Å². The summed E-state index contributed by atoms with van der Waals surface area (Å²) in [6.07, 6.45) is 16.9. The van der Waals surface area contributed by atoms with Gasteiger partial charge in [-0.15, -0.1) is 51.0 Å². The summed E-state index contributed by atoms with van der Waals surface area (Å²) in [5.74, 6) is 1.24. The second-order valence-electron chi connectivity index (χ2n) is 34.6. The number of benzene rings is 7. The van der Waals surface area contributed by atoms with Crippen LogP contribution in [0, 0.1) is 36.0 Å². The molecule has 0 aliphatic heterocycles. The minimum Gasteiger partial charge on any atom is -0.496 e. The van der Waals surface area contributed by atoms with Gasteiger partial charge in [0.25, 0.3) is 0 Å². The number of hydrogen-bond acceptors (Lipinski definition) is 22. The smallest absolute Gasteiger partial charge is 0.433 e. The van der Waals surface area contributed by atoms with Crippen LogP contribution in [0.5, 0.6) is 28.7 Å². The van der Waals surface area contributed by atoms with Gasteiger partial charge in [0.2, 0.25) is 5.91 Å². The molecule has 1 amide bonds. The number of carbonyl (C=O) groups excluding carboxylic acids is 1. The van der Waals surface area contributed by atoms with E-state index in [9.17, 15) is 53.4 Å². The molecule has 149 heavy (non-hydrogen) atoms. The van der Waals surface area contributed by atoms with Crippen LogP contribution in [0.25, 0.3) is 83.9 Å². The molecule has 13 aromatic heterocycles. The van der Waals surface area contributed by atoms with E-state index in [1.807, 2.05) is 116 Å². The molecule has 0 aliphatic rings. The van der Waals surface area contributed by atoms with Gasteiger partial charge < -0.3 is 33.7 Å². The number of alkyl halides is 3. The zero-order valence-electron chi connectivity index (χ0n) is 82.3. The molecule has 0 saturated heterocycles. The lowest BCUT2D eigenvalue weighted by molar-refractivity contribution is -0.140. The average molecular weight is 2060 g/mol. The first-order valence-electron chi connectivity index (χ1n) is 47.0. The summed E-state index contributed by atoms with van der Waals surface area (Å²) in [6.45, 7) is 1.78. The number of aliphatic hydroxyl groups is 1. The first-order chi connectivity index (χ1) is 72.1. The van der Waals surface area contributed by atoms with E-state index in [1.54, 1.807) is 187 Å². The SMILES string of the molecule is COc1cc(C)cc(F)c1CCc1ccc(-c2ccc(S(C)(=O)=O)cc2)c2nncn12.COc1cccc(F)c1CCc1ccc(-c2ccc(CCC(=O)N(C)C)nc2)c2nncn12.COc1cccc(F)c1CCc1ccc(-c2ccccc2CO)c2nncn12.COc1cccc(F)c1CCc1ccc(-c2cccnc2C(F)(F)F)c2nncn12.COc1cccc(F)c1CCc1ccc(-c2cnccc2Cl)c2nncn12. The number of ether oxygens (including phenoxy) is 5. The van der Waals surface area contributed by atoms with Crippen molar-refractivity contribution in [3.63, 3.8) is 0 Å². The van der Waals surface area contributed by atoms with Crippen LogP contribution in [0.3, 0.4) is 0 Å². The van der Waals surface area contributed by atoms with E-state index in [1.165, 1.54) is 62.2 Å². The van der Waals surface area contributed by atoms with Gasteiger partial charge in [0.15, 0.2) is 43.8 Å². The summed E-state index contributed by atoms with van der Waals surface area (Å²) in [6, 6.07) is 64.3. The maximum atomic E-state index is 14.5. The minimum absolute atomic E-state index is 0.0503. The first-order valence-corrected chi connectivity index (χ1v) is 49.3. The summed E-state index contributed by atoms with van der Waals surface area (Å²) >= 11 is 6.30. The van der Waals surface area contributed by atoms with E-state index in [4.69, 9.17) is 35.3 Å². The molecule has 0 atom stereocenters. The van der Waals surface area contributed by atoms with Gasteiger partial charge in [0.05, 0.1) is 52.1 Å². The van der Waals surface area contributed by atoms with Crippen molar-refractivity contribution >= 4 is 55.6 Å². The Morgan fingerprint density at radius 1 is 0.383 bits per heavy atom. The number of hydrogen-bond donors (Lipinski definition) is 1. The molecule has 7 aromatic carbocycles. The highest BCUT2D eigenvalue weighted by atomic mass is 35.5. The third-order valence-corrected chi connectivity index (χ3v) is 26.7. The van der Waals surface area contributed by atoms with Gasteiger partial charge in [-0.2, -0.15) is 13.2 Å². The Morgan fingerprint density at radius 2 is 0.758 bits per heavy atom. The number of methoxy groups -OCH3 is 5. The van der Waals surface area contributed by atoms with Gasteiger partial charge in [-0.25, -0.2) is 30.4 Å². The standard InChI is InChI=1S/C25H26FN5O2.C23H22FN3O3S.C22H20FN3O2.C21H16F4N4O.C20H16ClFN4O/c1-30(2)24(32)14-9-18-8-7-17(15-27-18)20-12-10-19(31-16-28-29-25(20)31)11-13-21-22(26)5-4-6-23(21)33-3;1-15-12-21(24)20(22(13-15)30-2)11-7-17-6-10-19(23-26-25-14-27(17)23)16-4-8-18(9-5-16)31(3,28)29;1-28-21-8-4-7-20(23)19(21)12-10-16-9-11-18(22-25-24-14-26(16)22)17-6-3-2-5-15(17)13-27;1-30-18-6-2-5-17(22)16(18)10-8-13-7-9-15(20-28-27-12-29(13)20)14-4-3-11-26-19(14)21(23,24)25;1-27-19-4-2-3-18(22)15(19)8-6-13-5-7-14(20-25-24-12-26(13)20)16-11-23-10-9-17(16)21/h4-8,10,12,15-16H,9,11,13-14H2,1-3H3;4-6,8-10,12-14H,7,11H2,1-3H3;2-9,11,14,27H,10,12-13H2,1H3;2-7,9,11-12H,8,10H2,1H3;2-5,7,9-12H,6,8H2,1H3. The number of amides is 1. The Morgan fingerprint density at radius 3 is 1.14 bits per heavy atom. The molecule has 0 aliphatic carbocycles. The third kappa shape index (κ3) is 24.1. The number of aryl methyl sites for hydroxylation is 7. The Balaban J connectivity index is 0.000000133. The van der Waals surface area contributed by atoms with Crippen molar-refractivity contribution in [3.05, 3.63) is 394 Å². The fourth-order valence-corrected chi connectivity index (χ4v) is 18.5. The Bertz CT molecular complexity index is 8300. The summed E-state index contributed by atoms with van der Waals surface area (Å²) in [5.41, 5.74) is 18.9. The molecule has 762 valence electrons. The normalized spacial score (nSPS) is 11.3. The van der Waals surface area contributed by atoms with Crippen LogP contribution in [0.1, 0.15) is 85.2 Å². The molecular weight excluding hydrogens is 1960 g/mol. The van der Waals surface area contributed by atoms with E-state index in [0.717, 1.165) is 96.0 Å². The molecule has 20 aromatic rings. The van der Waals surface area contributed by atoms with Gasteiger partial charge in [0.1, 0.15) is 89.5 Å². The van der Waals surface area contributed by atoms with Crippen LogP contribution >= 0.6 is 11.6 Å². The summed E-state index contributed by atoms with van der Waals surface area (Å²) in [7, 11) is 7.88. The number of fused-ring (bicyclic) bond motifs is 5. The molecule has 0 radical (unpaired) electrons. The van der Waals surface area contributed by atoms with Crippen molar-refractivity contribution in [2.45, 2.75) is 102 Å². The summed E-state index contributed by atoms with van der Waals surface area (Å²) in [5, 5.41) is 51.4. The molecule has 1 N–H and O–H groups in total. The maximum absolute atomic E-state index is 14.5. The summed E-state index contributed by atoms with van der Waals surface area (Å²) < 4.78 is 171. The number of carbonyl (C=O) groups is 1. The zero-order valence-corrected chi connectivity index (χ0v) is 83.8. The first kappa shape index (κ1) is 105. The van der Waals surface area contributed by atoms with Crippen LogP contribution in [-0.2, 0) is 98.0 Å². The number of halogens is 9. The number of rotatable bonds is 30. The van der Waals surface area contributed by atoms with Gasteiger partial charge in [-0.05, 0) is 251 Å². The molecule has 20 rings (SSSR count). The number of nitrogens with zero attached hydrogens (tertiary/aromatic N) is 19. The van der Waals surface area contributed by atoms with Crippen LogP contribution in [0.15, 0.2) is 286 Å². The minimum atomic E-state index is -4.60. The summed E-state index contributed by atoms with van der Waals surface area (Å²) in [4.78, 5) is 25.8.